The maximum absolute atomic E-state index is 13.0. The lowest BCUT2D eigenvalue weighted by Crippen LogP contribution is -2.67. The normalized spacial score (nSPS) is 52.2. The number of piperidine rings is 1. The van der Waals surface area contributed by atoms with E-state index < -0.39 is 0 Å². The van der Waals surface area contributed by atoms with E-state index in [1.807, 2.05) is 0 Å². The van der Waals surface area contributed by atoms with Crippen molar-refractivity contribution in [3.8, 4) is 0 Å². The molecular weight excluding hydrogens is 324 g/mol. The van der Waals surface area contributed by atoms with Gasteiger partial charge < -0.3 is 14.5 Å². The molecule has 3 aliphatic heterocycles. The molecule has 3 spiro atoms. The van der Waals surface area contributed by atoms with E-state index >= 15 is 0 Å². The number of nitrogens with zero attached hydrogens (tertiary/aromatic N) is 1. The summed E-state index contributed by atoms with van der Waals surface area (Å²) in [5, 5.41) is 3.99. The first-order valence-electron chi connectivity index (χ1n) is 10.3. The molecule has 6 rings (SSSR count). The number of methoxy groups -OCH3 is 1. The Morgan fingerprint density at radius 2 is 2.08 bits per heavy atom. The van der Waals surface area contributed by atoms with E-state index in [0.29, 0.717) is 12.0 Å². The van der Waals surface area contributed by atoms with Crippen molar-refractivity contribution in [3.63, 3.8) is 0 Å². The fourth-order valence-electron chi connectivity index (χ4n) is 9.19. The molecule has 1 aromatic carbocycles. The van der Waals surface area contributed by atoms with Crippen LogP contribution >= 0.6 is 0 Å². The van der Waals surface area contributed by atoms with Gasteiger partial charge in [0.05, 0.1) is 44.1 Å². The Hall–Kier alpha value is -1.55. The quantitative estimate of drug-likeness (QED) is 0.623. The molecule has 26 heavy (non-hydrogen) atoms. The molecule has 0 aromatic heterocycles. The number of anilines is 1. The zero-order valence-electron chi connectivity index (χ0n) is 16.0. The van der Waals surface area contributed by atoms with Crippen LogP contribution in [0.5, 0.6) is 0 Å². The first-order chi connectivity index (χ1) is 12.5. The zero-order chi connectivity index (χ0) is 17.9. The minimum absolute atomic E-state index is 0.00136. The predicted molar refractivity (Wildman–Crippen MR) is 99.8 cm³/mol. The van der Waals surface area contributed by atoms with Crippen LogP contribution in [0.1, 0.15) is 38.2 Å². The van der Waals surface area contributed by atoms with E-state index in [1.165, 1.54) is 48.1 Å². The number of rotatable bonds is 1. The molecule has 2 saturated heterocycles. The number of esters is 1. The minimum Gasteiger partial charge on any atom is -0.469 e. The van der Waals surface area contributed by atoms with Crippen LogP contribution in [0.15, 0.2) is 24.3 Å². The summed E-state index contributed by atoms with van der Waals surface area (Å²) in [4.78, 5) is 13.0. The SMILES string of the molecule is COC(=O)[C@@H]1C[C@@]23CCC[N@+]4(C)CC[C@@]5(c6ccccc6N[C@@]15[C@H]2C)[C@H]34. The third-order valence-electron chi connectivity index (χ3n) is 9.62. The van der Waals surface area contributed by atoms with E-state index in [0.717, 1.165) is 6.42 Å². The van der Waals surface area contributed by atoms with Crippen molar-refractivity contribution >= 4 is 11.7 Å². The molecule has 2 aliphatic carbocycles. The maximum atomic E-state index is 13.0. The Morgan fingerprint density at radius 1 is 1.27 bits per heavy atom. The highest BCUT2D eigenvalue weighted by molar-refractivity contribution is 5.82. The van der Waals surface area contributed by atoms with Gasteiger partial charge in [-0.25, -0.2) is 0 Å². The summed E-state index contributed by atoms with van der Waals surface area (Å²) in [7, 11) is 4.06. The second-order valence-corrected chi connectivity index (χ2v) is 9.93. The smallest absolute Gasteiger partial charge is 0.311 e. The van der Waals surface area contributed by atoms with Gasteiger partial charge in [0.1, 0.15) is 6.04 Å². The summed E-state index contributed by atoms with van der Waals surface area (Å²) in [6.45, 7) is 4.98. The van der Waals surface area contributed by atoms with Crippen LogP contribution in [0.25, 0.3) is 0 Å². The van der Waals surface area contributed by atoms with E-state index in [9.17, 15) is 4.79 Å². The molecule has 138 valence electrons. The Labute approximate surface area is 155 Å². The summed E-state index contributed by atoms with van der Waals surface area (Å²) < 4.78 is 6.56. The van der Waals surface area contributed by atoms with E-state index in [2.05, 4.69) is 43.6 Å². The molecule has 7 atom stereocenters. The van der Waals surface area contributed by atoms with Gasteiger partial charge in [-0.15, -0.1) is 0 Å². The standard InChI is InChI=1S/C22H29N2O2/c1-14-20-9-6-11-24(2)12-10-21(19(20)24)15-7-4-5-8-17(15)23-22(14,21)16(13-20)18(25)26-3/h4-5,7-8,14,16,19,23H,6,9-13H2,1-3H3/q+1/t14-,16-,19-,20-,21+,22-,24+/m0/s1. The third-order valence-corrected chi connectivity index (χ3v) is 9.62. The van der Waals surface area contributed by atoms with Crippen LogP contribution in [-0.2, 0) is 14.9 Å². The lowest BCUT2D eigenvalue weighted by Gasteiger charge is -2.54. The number of benzene rings is 1. The lowest BCUT2D eigenvalue weighted by atomic mass is 9.56. The Balaban J connectivity index is 1.69. The predicted octanol–water partition coefficient (Wildman–Crippen LogP) is 2.93. The van der Waals surface area contributed by atoms with Crippen LogP contribution in [0.4, 0.5) is 5.69 Å². The molecule has 5 aliphatic rings. The highest BCUT2D eigenvalue weighted by Gasteiger charge is 2.89. The number of likely N-dealkylation sites (N-methyl/N-ethyl adjacent to an activating group) is 1. The molecule has 0 amide bonds. The van der Waals surface area contributed by atoms with Crippen molar-refractivity contribution in [2.45, 2.75) is 49.6 Å². The van der Waals surface area contributed by atoms with Gasteiger partial charge in [0.25, 0.3) is 0 Å². The third kappa shape index (κ3) is 1.24. The Kier molecular flexibility index (Phi) is 2.56. The minimum atomic E-state index is -0.172. The van der Waals surface area contributed by atoms with Gasteiger partial charge in [-0.2, -0.15) is 0 Å². The van der Waals surface area contributed by atoms with Crippen molar-refractivity contribution in [2.75, 3.05) is 32.6 Å². The molecule has 4 fully saturated rings. The van der Waals surface area contributed by atoms with Gasteiger partial charge in [-0.05, 0) is 36.8 Å². The monoisotopic (exact) mass is 353 g/mol. The van der Waals surface area contributed by atoms with Gasteiger partial charge in [-0.3, -0.25) is 4.79 Å². The Morgan fingerprint density at radius 3 is 2.88 bits per heavy atom. The van der Waals surface area contributed by atoms with Gasteiger partial charge in [0.2, 0.25) is 0 Å². The second kappa shape index (κ2) is 4.30. The average Bonchev–Trinajstić information content (AvgIpc) is 3.27. The molecule has 0 unspecified atom stereocenters. The number of hydrogen-bond donors (Lipinski definition) is 1. The van der Waals surface area contributed by atoms with E-state index in [-0.39, 0.29) is 28.3 Å². The number of carbonyl (C=O) groups excluding carboxylic acids is 1. The molecule has 2 bridgehead atoms. The van der Waals surface area contributed by atoms with Gasteiger partial charge in [-0.1, -0.05) is 25.1 Å². The number of para-hydroxylation sites is 1. The fourth-order valence-corrected chi connectivity index (χ4v) is 9.19. The molecule has 2 saturated carbocycles. The summed E-state index contributed by atoms with van der Waals surface area (Å²) in [6, 6.07) is 9.52. The number of nitrogens with one attached hydrogen (secondary N) is 1. The molecule has 3 heterocycles. The molecule has 1 aromatic rings. The summed E-state index contributed by atoms with van der Waals surface area (Å²) >= 11 is 0. The van der Waals surface area contributed by atoms with Crippen molar-refractivity contribution in [1.29, 1.82) is 0 Å². The highest BCUT2D eigenvalue weighted by atomic mass is 16.5. The van der Waals surface area contributed by atoms with Crippen LogP contribution in [0, 0.1) is 17.3 Å². The van der Waals surface area contributed by atoms with Crippen molar-refractivity contribution in [2.24, 2.45) is 17.3 Å². The molecule has 1 N–H and O–H groups in total. The zero-order valence-corrected chi connectivity index (χ0v) is 16.0. The first kappa shape index (κ1) is 15.5. The molecule has 4 heteroatoms. The topological polar surface area (TPSA) is 38.3 Å². The highest BCUT2D eigenvalue weighted by Crippen LogP contribution is 2.80. The van der Waals surface area contributed by atoms with Gasteiger partial charge in [0, 0.05) is 17.5 Å². The van der Waals surface area contributed by atoms with Gasteiger partial charge in [0.15, 0.2) is 0 Å². The van der Waals surface area contributed by atoms with Gasteiger partial charge >= 0.3 is 5.97 Å². The second-order valence-electron chi connectivity index (χ2n) is 9.93. The average molecular weight is 353 g/mol. The number of fused-ring (bicyclic) bond motifs is 1. The maximum Gasteiger partial charge on any atom is 0.311 e. The van der Waals surface area contributed by atoms with Crippen LogP contribution in [0.3, 0.4) is 0 Å². The number of quaternary nitrogens is 1. The van der Waals surface area contributed by atoms with Crippen LogP contribution in [0.2, 0.25) is 0 Å². The van der Waals surface area contributed by atoms with Crippen molar-refractivity contribution in [3.05, 3.63) is 29.8 Å². The number of ether oxygens (including phenoxy) is 1. The largest absolute Gasteiger partial charge is 0.469 e. The first-order valence-corrected chi connectivity index (χ1v) is 10.3. The molecule has 4 nitrogen and oxygen atoms in total. The van der Waals surface area contributed by atoms with E-state index in [4.69, 9.17) is 4.74 Å². The lowest BCUT2D eigenvalue weighted by molar-refractivity contribution is -0.936. The van der Waals surface area contributed by atoms with Crippen molar-refractivity contribution < 1.29 is 14.0 Å². The van der Waals surface area contributed by atoms with Crippen LogP contribution < -0.4 is 5.32 Å². The Bertz CT molecular complexity index is 839. The number of hydrogen-bond acceptors (Lipinski definition) is 3. The fraction of sp³-hybridized carbons (Fsp3) is 0.682. The number of carbonyl (C=O) groups is 1. The molecular formula is C22H29N2O2+. The summed E-state index contributed by atoms with van der Waals surface area (Å²) in [6.07, 6.45) is 4.76. The van der Waals surface area contributed by atoms with Crippen LogP contribution in [-0.4, -0.2) is 49.3 Å². The summed E-state index contributed by atoms with van der Waals surface area (Å²) in [5.74, 6) is 0.462. The van der Waals surface area contributed by atoms with Crippen molar-refractivity contribution in [1.82, 2.24) is 0 Å². The summed E-state index contributed by atoms with van der Waals surface area (Å²) in [5.41, 5.74) is 2.92. The van der Waals surface area contributed by atoms with E-state index in [1.54, 1.807) is 7.11 Å². The molecule has 0 radical (unpaired) electrons.